The van der Waals surface area contributed by atoms with Crippen molar-refractivity contribution in [3.8, 4) is 0 Å². The third kappa shape index (κ3) is 3.94. The Kier molecular flexibility index (Phi) is 5.96. The van der Waals surface area contributed by atoms with Gasteiger partial charge in [-0.2, -0.15) is 0 Å². The van der Waals surface area contributed by atoms with Gasteiger partial charge in [0.1, 0.15) is 0 Å². The third-order valence-corrected chi connectivity index (χ3v) is 5.62. The van der Waals surface area contributed by atoms with Crippen molar-refractivity contribution in [2.45, 2.75) is 45.6 Å². The maximum Gasteiger partial charge on any atom is 0.0235 e. The van der Waals surface area contributed by atoms with E-state index in [2.05, 4.69) is 39.6 Å². The van der Waals surface area contributed by atoms with E-state index in [1.165, 1.54) is 58.4 Å². The first-order valence-corrected chi connectivity index (χ1v) is 8.85. The summed E-state index contributed by atoms with van der Waals surface area (Å²) in [6.07, 6.45) is 5.69. The molecule has 0 spiro atoms. The number of rotatable bonds is 5. The van der Waals surface area contributed by atoms with Crippen LogP contribution in [0.3, 0.4) is 0 Å². The molecule has 0 aromatic rings. The first kappa shape index (κ1) is 14.8. The summed E-state index contributed by atoms with van der Waals surface area (Å²) in [7, 11) is 0. The predicted molar refractivity (Wildman–Crippen MR) is 82.4 cm³/mol. The molecule has 3 heteroatoms. The quantitative estimate of drug-likeness (QED) is 0.719. The monoisotopic (exact) mass is 316 g/mol. The molecule has 2 rings (SSSR count). The van der Waals surface area contributed by atoms with Gasteiger partial charge in [0, 0.05) is 24.5 Å². The molecule has 2 unspecified atom stereocenters. The summed E-state index contributed by atoms with van der Waals surface area (Å²) in [6, 6.07) is 0.855. The van der Waals surface area contributed by atoms with Crippen LogP contribution in [0.1, 0.15) is 39.5 Å². The van der Waals surface area contributed by atoms with Gasteiger partial charge in [-0.1, -0.05) is 36.2 Å². The van der Waals surface area contributed by atoms with Crippen LogP contribution in [-0.4, -0.2) is 53.9 Å². The zero-order chi connectivity index (χ0) is 13.0. The SMILES string of the molecule is CC(C)C(CBr)CN1CCC(N2CCCCC2)C1. The summed E-state index contributed by atoms with van der Waals surface area (Å²) in [5, 5.41) is 1.15. The molecule has 106 valence electrons. The van der Waals surface area contributed by atoms with Gasteiger partial charge in [0.25, 0.3) is 0 Å². The van der Waals surface area contributed by atoms with Crippen LogP contribution in [0.25, 0.3) is 0 Å². The number of likely N-dealkylation sites (tertiary alicyclic amines) is 2. The highest BCUT2D eigenvalue weighted by Gasteiger charge is 2.29. The van der Waals surface area contributed by atoms with Gasteiger partial charge in [0.05, 0.1) is 0 Å². The normalized spacial score (nSPS) is 29.0. The highest BCUT2D eigenvalue weighted by Crippen LogP contribution is 2.23. The van der Waals surface area contributed by atoms with E-state index in [4.69, 9.17) is 0 Å². The van der Waals surface area contributed by atoms with E-state index in [1.54, 1.807) is 0 Å². The van der Waals surface area contributed by atoms with Crippen LogP contribution in [0.4, 0.5) is 0 Å². The molecule has 0 aliphatic carbocycles. The van der Waals surface area contributed by atoms with Crippen LogP contribution in [0.5, 0.6) is 0 Å². The Labute approximate surface area is 121 Å². The van der Waals surface area contributed by atoms with E-state index in [9.17, 15) is 0 Å². The van der Waals surface area contributed by atoms with E-state index in [0.717, 1.165) is 23.2 Å². The van der Waals surface area contributed by atoms with Crippen LogP contribution in [0.15, 0.2) is 0 Å². The lowest BCUT2D eigenvalue weighted by atomic mass is 9.98. The van der Waals surface area contributed by atoms with E-state index in [-0.39, 0.29) is 0 Å². The van der Waals surface area contributed by atoms with Gasteiger partial charge < -0.3 is 4.90 Å². The molecule has 0 saturated carbocycles. The largest absolute Gasteiger partial charge is 0.301 e. The summed E-state index contributed by atoms with van der Waals surface area (Å²) in [4.78, 5) is 5.45. The Morgan fingerprint density at radius 1 is 1.11 bits per heavy atom. The second-order valence-electron chi connectivity index (χ2n) is 6.46. The van der Waals surface area contributed by atoms with Crippen molar-refractivity contribution < 1.29 is 0 Å². The van der Waals surface area contributed by atoms with Gasteiger partial charge in [-0.25, -0.2) is 0 Å². The average Bonchev–Trinajstić information content (AvgIpc) is 2.85. The molecule has 2 atom stereocenters. The van der Waals surface area contributed by atoms with Crippen LogP contribution in [-0.2, 0) is 0 Å². The van der Waals surface area contributed by atoms with E-state index in [1.807, 2.05) is 0 Å². The summed E-state index contributed by atoms with van der Waals surface area (Å²) < 4.78 is 0. The summed E-state index contributed by atoms with van der Waals surface area (Å²) >= 11 is 3.68. The molecule has 0 aromatic carbocycles. The maximum absolute atomic E-state index is 3.68. The lowest BCUT2D eigenvalue weighted by Crippen LogP contribution is -2.41. The van der Waals surface area contributed by atoms with Crippen molar-refractivity contribution in [1.29, 1.82) is 0 Å². The molecule has 2 saturated heterocycles. The number of hydrogen-bond acceptors (Lipinski definition) is 2. The fourth-order valence-electron chi connectivity index (χ4n) is 3.33. The van der Waals surface area contributed by atoms with E-state index in [0.29, 0.717) is 0 Å². The molecule has 0 N–H and O–H groups in total. The van der Waals surface area contributed by atoms with Crippen molar-refractivity contribution in [3.63, 3.8) is 0 Å². The molecule has 2 fully saturated rings. The number of piperidine rings is 1. The Morgan fingerprint density at radius 3 is 2.44 bits per heavy atom. The van der Waals surface area contributed by atoms with Crippen LogP contribution < -0.4 is 0 Å². The fourth-order valence-corrected chi connectivity index (χ4v) is 4.28. The topological polar surface area (TPSA) is 6.48 Å². The lowest BCUT2D eigenvalue weighted by Gasteiger charge is -2.32. The number of alkyl halides is 1. The van der Waals surface area contributed by atoms with Crippen LogP contribution in [0.2, 0.25) is 0 Å². The van der Waals surface area contributed by atoms with Crippen molar-refractivity contribution in [1.82, 2.24) is 9.80 Å². The highest BCUT2D eigenvalue weighted by atomic mass is 79.9. The van der Waals surface area contributed by atoms with Crippen molar-refractivity contribution >= 4 is 15.9 Å². The minimum absolute atomic E-state index is 0.790. The molecule has 18 heavy (non-hydrogen) atoms. The van der Waals surface area contributed by atoms with Crippen molar-refractivity contribution in [2.24, 2.45) is 11.8 Å². The first-order valence-electron chi connectivity index (χ1n) is 7.73. The molecule has 0 amide bonds. The molecule has 2 aliphatic rings. The number of nitrogens with zero attached hydrogens (tertiary/aromatic N) is 2. The van der Waals surface area contributed by atoms with Crippen LogP contribution >= 0.6 is 15.9 Å². The van der Waals surface area contributed by atoms with Gasteiger partial charge in [0.2, 0.25) is 0 Å². The molecule has 0 radical (unpaired) electrons. The van der Waals surface area contributed by atoms with Crippen molar-refractivity contribution in [3.05, 3.63) is 0 Å². The maximum atomic E-state index is 3.68. The summed E-state index contributed by atoms with van der Waals surface area (Å²) in [5.41, 5.74) is 0. The smallest absolute Gasteiger partial charge is 0.0235 e. The highest BCUT2D eigenvalue weighted by molar-refractivity contribution is 9.09. The van der Waals surface area contributed by atoms with Crippen molar-refractivity contribution in [2.75, 3.05) is 38.1 Å². The molecular formula is C15H29BrN2. The molecule has 2 aliphatic heterocycles. The fraction of sp³-hybridized carbons (Fsp3) is 1.00. The van der Waals surface area contributed by atoms with E-state index >= 15 is 0 Å². The Balaban J connectivity index is 1.77. The summed E-state index contributed by atoms with van der Waals surface area (Å²) in [6.45, 7) is 11.3. The number of halogens is 1. The predicted octanol–water partition coefficient (Wildman–Crippen LogP) is 3.21. The average molecular weight is 317 g/mol. The second-order valence-corrected chi connectivity index (χ2v) is 7.10. The van der Waals surface area contributed by atoms with Gasteiger partial charge in [0.15, 0.2) is 0 Å². The van der Waals surface area contributed by atoms with Gasteiger partial charge in [-0.3, -0.25) is 4.90 Å². The minimum atomic E-state index is 0.790. The standard InChI is InChI=1S/C15H29BrN2/c1-13(2)14(10-16)11-17-9-6-15(12-17)18-7-4-3-5-8-18/h13-15H,3-12H2,1-2H3. The second kappa shape index (κ2) is 7.25. The third-order valence-electron chi connectivity index (χ3n) is 4.79. The van der Waals surface area contributed by atoms with Gasteiger partial charge >= 0.3 is 0 Å². The van der Waals surface area contributed by atoms with E-state index < -0.39 is 0 Å². The molecule has 2 nitrogen and oxygen atoms in total. The molecule has 2 heterocycles. The first-order chi connectivity index (χ1) is 8.70. The zero-order valence-corrected chi connectivity index (χ0v) is 13.7. The minimum Gasteiger partial charge on any atom is -0.301 e. The zero-order valence-electron chi connectivity index (χ0n) is 12.1. The van der Waals surface area contributed by atoms with Crippen LogP contribution in [0, 0.1) is 11.8 Å². The Bertz CT molecular complexity index is 239. The molecule has 0 aromatic heterocycles. The molecular weight excluding hydrogens is 288 g/mol. The van der Waals surface area contributed by atoms with Gasteiger partial charge in [-0.15, -0.1) is 0 Å². The Morgan fingerprint density at radius 2 is 1.83 bits per heavy atom. The Hall–Kier alpha value is 0.400. The summed E-state index contributed by atoms with van der Waals surface area (Å²) in [5.74, 6) is 1.60. The lowest BCUT2D eigenvalue weighted by molar-refractivity contribution is 0.157. The van der Waals surface area contributed by atoms with Gasteiger partial charge in [-0.05, 0) is 50.7 Å². The molecule has 0 bridgehead atoms. The number of hydrogen-bond donors (Lipinski definition) is 0.